The molecule has 0 unspecified atom stereocenters. The Kier molecular flexibility index (Phi) is 7.61. The van der Waals surface area contributed by atoms with Gasteiger partial charge in [0.05, 0.1) is 10.0 Å². The topological polar surface area (TPSA) is 29.1 Å². The third-order valence-electron chi connectivity index (χ3n) is 2.70. The molecule has 0 aliphatic carbocycles. The van der Waals surface area contributed by atoms with Crippen LogP contribution in [0.3, 0.4) is 0 Å². The first-order valence-corrected chi connectivity index (χ1v) is 7.30. The van der Waals surface area contributed by atoms with Gasteiger partial charge in [0.2, 0.25) is 5.91 Å². The predicted molar refractivity (Wildman–Crippen MR) is 82.6 cm³/mol. The Hall–Kier alpha value is -0.990. The first-order chi connectivity index (χ1) is 9.13. The van der Waals surface area contributed by atoms with Crippen LogP contribution in [0.5, 0.6) is 0 Å². The van der Waals surface area contributed by atoms with Gasteiger partial charge in [-0.25, -0.2) is 0 Å². The summed E-state index contributed by atoms with van der Waals surface area (Å²) in [6.45, 7) is 2.89. The van der Waals surface area contributed by atoms with Crippen molar-refractivity contribution in [2.75, 3.05) is 6.54 Å². The molecule has 1 aromatic rings. The van der Waals surface area contributed by atoms with Crippen molar-refractivity contribution in [1.82, 2.24) is 5.32 Å². The molecule has 0 aromatic heterocycles. The van der Waals surface area contributed by atoms with Crippen LogP contribution in [0.25, 0.3) is 6.08 Å². The summed E-state index contributed by atoms with van der Waals surface area (Å²) in [4.78, 5) is 11.5. The number of benzene rings is 1. The Balaban J connectivity index is 2.34. The first kappa shape index (κ1) is 16.1. The van der Waals surface area contributed by atoms with Crippen LogP contribution in [-0.4, -0.2) is 12.5 Å². The molecule has 0 saturated heterocycles. The van der Waals surface area contributed by atoms with E-state index in [0.29, 0.717) is 10.0 Å². The second-order valence-corrected chi connectivity index (χ2v) is 5.17. The second-order valence-electron chi connectivity index (χ2n) is 4.36. The van der Waals surface area contributed by atoms with Crippen molar-refractivity contribution >= 4 is 35.2 Å². The van der Waals surface area contributed by atoms with Crippen molar-refractivity contribution in [3.8, 4) is 0 Å². The van der Waals surface area contributed by atoms with Crippen molar-refractivity contribution in [3.05, 3.63) is 39.9 Å². The summed E-state index contributed by atoms with van der Waals surface area (Å²) in [6, 6.07) is 5.26. The van der Waals surface area contributed by atoms with Crippen LogP contribution in [-0.2, 0) is 4.79 Å². The summed E-state index contributed by atoms with van der Waals surface area (Å²) >= 11 is 11.7. The van der Waals surface area contributed by atoms with Gasteiger partial charge in [0.1, 0.15) is 0 Å². The smallest absolute Gasteiger partial charge is 0.243 e. The van der Waals surface area contributed by atoms with Gasteiger partial charge in [-0.3, -0.25) is 4.79 Å². The third-order valence-corrected chi connectivity index (χ3v) is 3.44. The second kappa shape index (κ2) is 9.00. The van der Waals surface area contributed by atoms with Crippen molar-refractivity contribution in [2.24, 2.45) is 0 Å². The van der Waals surface area contributed by atoms with Crippen LogP contribution >= 0.6 is 23.2 Å². The highest BCUT2D eigenvalue weighted by molar-refractivity contribution is 6.42. The zero-order valence-corrected chi connectivity index (χ0v) is 12.6. The van der Waals surface area contributed by atoms with E-state index >= 15 is 0 Å². The fourth-order valence-electron chi connectivity index (χ4n) is 1.61. The van der Waals surface area contributed by atoms with Gasteiger partial charge in [-0.05, 0) is 30.2 Å². The maximum Gasteiger partial charge on any atom is 0.243 e. The van der Waals surface area contributed by atoms with Crippen molar-refractivity contribution in [2.45, 2.75) is 32.6 Å². The average Bonchev–Trinajstić information content (AvgIpc) is 2.40. The molecule has 0 heterocycles. The van der Waals surface area contributed by atoms with Crippen LogP contribution in [0.2, 0.25) is 10.0 Å². The van der Waals surface area contributed by atoms with Crippen molar-refractivity contribution in [1.29, 1.82) is 0 Å². The van der Waals surface area contributed by atoms with Crippen molar-refractivity contribution < 1.29 is 4.79 Å². The largest absolute Gasteiger partial charge is 0.353 e. The van der Waals surface area contributed by atoms with E-state index in [2.05, 4.69) is 12.2 Å². The highest BCUT2D eigenvalue weighted by Crippen LogP contribution is 2.22. The molecule has 0 spiro atoms. The zero-order chi connectivity index (χ0) is 14.1. The third kappa shape index (κ3) is 6.65. The Morgan fingerprint density at radius 3 is 2.68 bits per heavy atom. The number of carbonyl (C=O) groups is 1. The number of halogens is 2. The molecule has 0 fully saturated rings. The minimum atomic E-state index is -0.0810. The fourth-order valence-corrected chi connectivity index (χ4v) is 1.92. The molecule has 1 rings (SSSR count). The van der Waals surface area contributed by atoms with Gasteiger partial charge in [0.15, 0.2) is 0 Å². The number of hydrogen-bond acceptors (Lipinski definition) is 1. The lowest BCUT2D eigenvalue weighted by molar-refractivity contribution is -0.116. The van der Waals surface area contributed by atoms with Crippen LogP contribution in [0.15, 0.2) is 24.3 Å². The van der Waals surface area contributed by atoms with Gasteiger partial charge in [0, 0.05) is 12.6 Å². The average molecular weight is 300 g/mol. The van der Waals surface area contributed by atoms with Crippen LogP contribution in [0.1, 0.15) is 38.2 Å². The van der Waals surface area contributed by atoms with Gasteiger partial charge >= 0.3 is 0 Å². The number of carbonyl (C=O) groups excluding carboxylic acids is 1. The Morgan fingerprint density at radius 2 is 2.00 bits per heavy atom. The number of hydrogen-bond donors (Lipinski definition) is 1. The van der Waals surface area contributed by atoms with Crippen LogP contribution < -0.4 is 5.32 Å². The maximum atomic E-state index is 11.5. The SMILES string of the molecule is CCCCCCNC(=O)/C=C/c1ccc(Cl)c(Cl)c1. The number of rotatable bonds is 7. The summed E-state index contributed by atoms with van der Waals surface area (Å²) in [7, 11) is 0. The van der Waals surface area contributed by atoms with E-state index in [-0.39, 0.29) is 5.91 Å². The molecule has 0 bridgehead atoms. The molecule has 104 valence electrons. The van der Waals surface area contributed by atoms with E-state index in [1.807, 2.05) is 6.07 Å². The standard InChI is InChI=1S/C15H19Cl2NO/c1-2-3-4-5-10-18-15(19)9-7-12-6-8-13(16)14(17)11-12/h6-9,11H,2-5,10H2,1H3,(H,18,19)/b9-7+. The Bertz CT molecular complexity index is 444. The normalized spacial score (nSPS) is 10.9. The number of amides is 1. The molecule has 0 atom stereocenters. The van der Waals surface area contributed by atoms with E-state index < -0.39 is 0 Å². The molecule has 4 heteroatoms. The quantitative estimate of drug-likeness (QED) is 0.574. The van der Waals surface area contributed by atoms with Gasteiger partial charge in [-0.15, -0.1) is 0 Å². The lowest BCUT2D eigenvalue weighted by Gasteiger charge is -2.01. The Labute approximate surface area is 124 Å². The summed E-state index contributed by atoms with van der Waals surface area (Å²) in [6.07, 6.45) is 7.84. The number of nitrogens with one attached hydrogen (secondary N) is 1. The van der Waals surface area contributed by atoms with E-state index in [1.54, 1.807) is 18.2 Å². The van der Waals surface area contributed by atoms with Gasteiger partial charge < -0.3 is 5.32 Å². The summed E-state index contributed by atoms with van der Waals surface area (Å²) in [5.41, 5.74) is 0.857. The first-order valence-electron chi connectivity index (χ1n) is 6.54. The molecule has 1 amide bonds. The van der Waals surface area contributed by atoms with E-state index in [4.69, 9.17) is 23.2 Å². The minimum Gasteiger partial charge on any atom is -0.353 e. The molecule has 0 saturated carbocycles. The highest BCUT2D eigenvalue weighted by atomic mass is 35.5. The lowest BCUT2D eigenvalue weighted by Crippen LogP contribution is -2.21. The molecule has 0 radical (unpaired) electrons. The van der Waals surface area contributed by atoms with E-state index in [0.717, 1.165) is 24.9 Å². The Morgan fingerprint density at radius 1 is 1.21 bits per heavy atom. The lowest BCUT2D eigenvalue weighted by atomic mass is 10.2. The van der Waals surface area contributed by atoms with E-state index in [9.17, 15) is 4.79 Å². The fraction of sp³-hybridized carbons (Fsp3) is 0.400. The van der Waals surface area contributed by atoms with Crippen molar-refractivity contribution in [3.63, 3.8) is 0 Å². The van der Waals surface area contributed by atoms with Gasteiger partial charge in [-0.2, -0.15) is 0 Å². The zero-order valence-electron chi connectivity index (χ0n) is 11.1. The molecule has 2 nitrogen and oxygen atoms in total. The van der Waals surface area contributed by atoms with Gasteiger partial charge in [-0.1, -0.05) is 55.5 Å². The monoisotopic (exact) mass is 299 g/mol. The molecule has 19 heavy (non-hydrogen) atoms. The summed E-state index contributed by atoms with van der Waals surface area (Å²) in [5.74, 6) is -0.0810. The highest BCUT2D eigenvalue weighted by Gasteiger charge is 1.98. The maximum absolute atomic E-state index is 11.5. The van der Waals surface area contributed by atoms with Crippen LogP contribution in [0.4, 0.5) is 0 Å². The van der Waals surface area contributed by atoms with E-state index in [1.165, 1.54) is 18.9 Å². The molecule has 1 N–H and O–H groups in total. The molecular weight excluding hydrogens is 281 g/mol. The minimum absolute atomic E-state index is 0.0810. The number of unbranched alkanes of at least 4 members (excludes halogenated alkanes) is 3. The molecular formula is C15H19Cl2NO. The molecule has 1 aromatic carbocycles. The molecule has 0 aliphatic heterocycles. The van der Waals surface area contributed by atoms with Gasteiger partial charge in [0.25, 0.3) is 0 Å². The summed E-state index contributed by atoms with van der Waals surface area (Å²) < 4.78 is 0. The molecule has 0 aliphatic rings. The summed E-state index contributed by atoms with van der Waals surface area (Å²) in [5, 5.41) is 3.86. The predicted octanol–water partition coefficient (Wildman–Crippen LogP) is 4.70. The van der Waals surface area contributed by atoms with Crippen LogP contribution in [0, 0.1) is 0 Å².